The topological polar surface area (TPSA) is 71.4 Å². The number of urea groups is 1. The fraction of sp³-hybridized carbons (Fsp3) is 0.400. The Hall–Kier alpha value is -3.93. The van der Waals surface area contributed by atoms with Crippen molar-refractivity contribution in [2.45, 2.75) is 71.6 Å². The van der Waals surface area contributed by atoms with E-state index in [1.165, 1.54) is 44.1 Å². The summed E-state index contributed by atoms with van der Waals surface area (Å²) in [6, 6.07) is 15.5. The minimum absolute atomic E-state index is 0.0449. The van der Waals surface area contributed by atoms with Crippen molar-refractivity contribution in [1.82, 2.24) is 9.88 Å². The lowest BCUT2D eigenvalue weighted by atomic mass is 9.48. The molecule has 6 heteroatoms. The summed E-state index contributed by atoms with van der Waals surface area (Å²) in [6.07, 6.45) is 9.53. The van der Waals surface area contributed by atoms with Crippen molar-refractivity contribution in [1.29, 1.82) is 0 Å². The van der Waals surface area contributed by atoms with Crippen molar-refractivity contribution in [2.24, 2.45) is 17.8 Å². The van der Waals surface area contributed by atoms with Crippen LogP contribution in [0, 0.1) is 45.4 Å². The number of carbonyl (C=O) groups is 3. The maximum absolute atomic E-state index is 13.7. The molecule has 4 bridgehead atoms. The number of barbiturate groups is 1. The first-order valence-electron chi connectivity index (χ1n) is 14.9. The Bertz CT molecular complexity index is 1590. The lowest BCUT2D eigenvalue weighted by molar-refractivity contribution is -0.122. The minimum Gasteiger partial charge on any atom is -0.317 e. The van der Waals surface area contributed by atoms with E-state index in [2.05, 4.69) is 48.0 Å². The Kier molecular flexibility index (Phi) is 5.90. The molecule has 0 unspecified atom stereocenters. The number of hydrogen-bond acceptors (Lipinski definition) is 3. The molecule has 0 atom stereocenters. The van der Waals surface area contributed by atoms with Gasteiger partial charge in [-0.2, -0.15) is 0 Å². The van der Waals surface area contributed by atoms with E-state index in [0.717, 1.165) is 56.4 Å². The molecule has 4 amide bonds. The standard InChI is InChI=1S/C35H37N3O3/c1-20-6-5-7-21(2)31(20)37-22(3)12-27(23(37)4)16-30-32(39)36-34(41)38(33(30)40)29-10-8-28(9-11-29)35-17-24-13-25(18-35)15-26(14-24)19-35/h5-12,16,24-26H,13-15,17-19H2,1-4H3,(H,36,39,41)/b30-16+. The Labute approximate surface area is 241 Å². The lowest BCUT2D eigenvalue weighted by Crippen LogP contribution is -2.54. The molecule has 6 nitrogen and oxygen atoms in total. The van der Waals surface area contributed by atoms with Crippen LogP contribution in [0.1, 0.15) is 72.2 Å². The zero-order chi connectivity index (χ0) is 28.6. The maximum atomic E-state index is 13.7. The monoisotopic (exact) mass is 547 g/mol. The third kappa shape index (κ3) is 4.10. The second kappa shape index (κ2) is 9.30. The average Bonchev–Trinajstić information content (AvgIpc) is 3.18. The van der Waals surface area contributed by atoms with Gasteiger partial charge in [-0.3, -0.25) is 14.9 Å². The van der Waals surface area contributed by atoms with Crippen LogP contribution in [0.2, 0.25) is 0 Å². The van der Waals surface area contributed by atoms with Crippen molar-refractivity contribution < 1.29 is 14.4 Å². The van der Waals surface area contributed by atoms with Gasteiger partial charge in [0.15, 0.2) is 0 Å². The SMILES string of the molecule is Cc1cccc(C)c1-n1c(C)cc(/C=C2\C(=O)NC(=O)N(c3ccc(C45CC6CC(CC(C6)C4)C5)cc3)C2=O)c1C. The van der Waals surface area contributed by atoms with Crippen LogP contribution >= 0.6 is 0 Å². The van der Waals surface area contributed by atoms with Gasteiger partial charge < -0.3 is 4.57 Å². The van der Waals surface area contributed by atoms with Crippen molar-refractivity contribution in [3.63, 3.8) is 0 Å². The van der Waals surface area contributed by atoms with Crippen LogP contribution in [0.5, 0.6) is 0 Å². The molecule has 1 N–H and O–H groups in total. The number of aryl methyl sites for hydroxylation is 3. The number of hydrogen-bond donors (Lipinski definition) is 1. The molecule has 2 heterocycles. The highest BCUT2D eigenvalue weighted by Gasteiger charge is 2.51. The predicted molar refractivity (Wildman–Crippen MR) is 160 cm³/mol. The molecule has 3 aromatic rings. The van der Waals surface area contributed by atoms with Crippen LogP contribution in [0.25, 0.3) is 11.8 Å². The van der Waals surface area contributed by atoms with Gasteiger partial charge in [0.05, 0.1) is 11.4 Å². The number of nitrogens with zero attached hydrogens (tertiary/aromatic N) is 2. The highest BCUT2D eigenvalue weighted by atomic mass is 16.2. The molecule has 2 aromatic carbocycles. The number of imide groups is 2. The Morgan fingerprint density at radius 1 is 0.829 bits per heavy atom. The van der Waals surface area contributed by atoms with Crippen LogP contribution in [0.15, 0.2) is 54.1 Å². The molecule has 0 spiro atoms. The van der Waals surface area contributed by atoms with Crippen LogP contribution in [0.4, 0.5) is 10.5 Å². The molecule has 8 rings (SSSR count). The van der Waals surface area contributed by atoms with E-state index in [1.807, 2.05) is 38.1 Å². The summed E-state index contributed by atoms with van der Waals surface area (Å²) >= 11 is 0. The number of carbonyl (C=O) groups excluding carboxylic acids is 3. The number of amides is 4. The van der Waals surface area contributed by atoms with Crippen molar-refractivity contribution in [3.05, 3.63) is 87.7 Å². The Morgan fingerprint density at radius 3 is 2.00 bits per heavy atom. The van der Waals surface area contributed by atoms with E-state index in [4.69, 9.17) is 0 Å². The number of nitrogens with one attached hydrogen (secondary N) is 1. The largest absolute Gasteiger partial charge is 0.335 e. The predicted octanol–water partition coefficient (Wildman–Crippen LogP) is 6.85. The normalized spacial score (nSPS) is 28.1. The molecule has 4 aliphatic carbocycles. The summed E-state index contributed by atoms with van der Waals surface area (Å²) in [5, 5.41) is 2.39. The lowest BCUT2D eigenvalue weighted by Gasteiger charge is -2.57. The molecule has 41 heavy (non-hydrogen) atoms. The smallest absolute Gasteiger partial charge is 0.317 e. The summed E-state index contributed by atoms with van der Waals surface area (Å²) in [5.41, 5.74) is 8.10. The zero-order valence-electron chi connectivity index (χ0n) is 24.3. The Balaban J connectivity index is 1.20. The quantitative estimate of drug-likeness (QED) is 0.287. The molecule has 5 aliphatic rings. The molecule has 4 saturated carbocycles. The second-order valence-corrected chi connectivity index (χ2v) is 13.1. The van der Waals surface area contributed by atoms with E-state index in [0.29, 0.717) is 5.69 Å². The number of para-hydroxylation sites is 1. The van der Waals surface area contributed by atoms with Crippen molar-refractivity contribution >= 4 is 29.6 Å². The molecule has 5 fully saturated rings. The van der Waals surface area contributed by atoms with Crippen molar-refractivity contribution in [2.75, 3.05) is 4.90 Å². The second-order valence-electron chi connectivity index (χ2n) is 13.1. The van der Waals surface area contributed by atoms with Gasteiger partial charge in [0.2, 0.25) is 0 Å². The van der Waals surface area contributed by atoms with E-state index in [-0.39, 0.29) is 11.0 Å². The molecular formula is C35H37N3O3. The van der Waals surface area contributed by atoms with E-state index in [1.54, 1.807) is 6.08 Å². The fourth-order valence-corrected chi connectivity index (χ4v) is 8.91. The van der Waals surface area contributed by atoms with Crippen LogP contribution < -0.4 is 10.2 Å². The van der Waals surface area contributed by atoms with E-state index in [9.17, 15) is 14.4 Å². The summed E-state index contributed by atoms with van der Waals surface area (Å²) in [5.74, 6) is 1.25. The van der Waals surface area contributed by atoms with Gasteiger partial charge in [-0.05, 0) is 136 Å². The van der Waals surface area contributed by atoms with Crippen LogP contribution in [-0.2, 0) is 15.0 Å². The van der Waals surface area contributed by atoms with E-state index >= 15 is 0 Å². The van der Waals surface area contributed by atoms with Gasteiger partial charge in [-0.15, -0.1) is 0 Å². The summed E-state index contributed by atoms with van der Waals surface area (Å²) in [6.45, 7) is 8.16. The zero-order valence-corrected chi connectivity index (χ0v) is 24.3. The van der Waals surface area contributed by atoms with E-state index < -0.39 is 17.8 Å². The molecular weight excluding hydrogens is 510 g/mol. The average molecular weight is 548 g/mol. The maximum Gasteiger partial charge on any atom is 0.335 e. The molecule has 0 radical (unpaired) electrons. The van der Waals surface area contributed by atoms with Crippen LogP contribution in [0.3, 0.4) is 0 Å². The summed E-state index contributed by atoms with van der Waals surface area (Å²) < 4.78 is 2.16. The molecule has 1 aliphatic heterocycles. The molecule has 1 saturated heterocycles. The van der Waals surface area contributed by atoms with Gasteiger partial charge >= 0.3 is 6.03 Å². The summed E-state index contributed by atoms with van der Waals surface area (Å²) in [7, 11) is 0. The number of benzene rings is 2. The first kappa shape index (κ1) is 26.0. The number of rotatable bonds is 4. The minimum atomic E-state index is -0.708. The highest BCUT2D eigenvalue weighted by Crippen LogP contribution is 2.60. The highest BCUT2D eigenvalue weighted by molar-refractivity contribution is 6.39. The number of anilines is 1. The first-order valence-corrected chi connectivity index (χ1v) is 14.9. The Morgan fingerprint density at radius 2 is 1.41 bits per heavy atom. The third-order valence-corrected chi connectivity index (χ3v) is 10.3. The first-order chi connectivity index (χ1) is 19.6. The van der Waals surface area contributed by atoms with Gasteiger partial charge in [-0.25, -0.2) is 9.69 Å². The molecule has 1 aromatic heterocycles. The van der Waals surface area contributed by atoms with Gasteiger partial charge in [0, 0.05) is 11.4 Å². The third-order valence-electron chi connectivity index (χ3n) is 10.3. The van der Waals surface area contributed by atoms with Gasteiger partial charge in [-0.1, -0.05) is 30.3 Å². The fourth-order valence-electron chi connectivity index (χ4n) is 8.91. The molecule has 210 valence electrons. The number of aromatic nitrogens is 1. The van der Waals surface area contributed by atoms with Crippen molar-refractivity contribution in [3.8, 4) is 5.69 Å². The summed E-state index contributed by atoms with van der Waals surface area (Å²) in [4.78, 5) is 40.7. The van der Waals surface area contributed by atoms with Gasteiger partial charge in [0.1, 0.15) is 5.57 Å². The van der Waals surface area contributed by atoms with Crippen LogP contribution in [-0.4, -0.2) is 22.4 Å². The van der Waals surface area contributed by atoms with Gasteiger partial charge in [0.25, 0.3) is 11.8 Å².